The maximum Gasteiger partial charge on any atom is 0.150 e. The van der Waals surface area contributed by atoms with Gasteiger partial charge in [-0.1, -0.05) is 0 Å². The number of nitrogens with zero attached hydrogens (tertiary/aromatic N) is 1. The minimum Gasteiger partial charge on any atom is -0.467 e. The smallest absolute Gasteiger partial charge is 0.150 e. The highest BCUT2D eigenvalue weighted by atomic mass is 16.3. The maximum absolute atomic E-state index is 10.9. The second-order valence-corrected chi connectivity index (χ2v) is 5.10. The van der Waals surface area contributed by atoms with Crippen molar-refractivity contribution in [1.82, 2.24) is 0 Å². The zero-order valence-corrected chi connectivity index (χ0v) is 11.0. The van der Waals surface area contributed by atoms with Crippen molar-refractivity contribution in [1.29, 1.82) is 0 Å². The van der Waals surface area contributed by atoms with Gasteiger partial charge in [0.25, 0.3) is 0 Å². The highest BCUT2D eigenvalue weighted by Crippen LogP contribution is 2.33. The number of rotatable bonds is 5. The van der Waals surface area contributed by atoms with E-state index in [1.165, 1.54) is 18.5 Å². The van der Waals surface area contributed by atoms with E-state index in [0.717, 1.165) is 29.7 Å². The Bertz CT molecular complexity index is 570. The summed E-state index contributed by atoms with van der Waals surface area (Å²) in [5.74, 6) is 0.976. The molecule has 1 aromatic heterocycles. The van der Waals surface area contributed by atoms with Gasteiger partial charge in [0.1, 0.15) is 12.0 Å². The Hall–Kier alpha value is -2.03. The Balaban J connectivity index is 1.87. The quantitative estimate of drug-likeness (QED) is 0.766. The van der Waals surface area contributed by atoms with Crippen LogP contribution in [0.15, 0.2) is 41.0 Å². The minimum absolute atomic E-state index is 0.603. The number of aldehydes is 1. The number of aryl methyl sites for hydroxylation is 1. The fourth-order valence-electron chi connectivity index (χ4n) is 2.36. The number of hydrogen-bond donors (Lipinski definition) is 0. The van der Waals surface area contributed by atoms with Crippen LogP contribution in [0.1, 0.15) is 34.5 Å². The SMILES string of the molecule is Cc1cc(N(Cc2ccco2)C2CC2)ccc1C=O. The first kappa shape index (κ1) is 12.0. The lowest BCUT2D eigenvalue weighted by molar-refractivity contribution is 0.112. The third-order valence-electron chi connectivity index (χ3n) is 3.61. The lowest BCUT2D eigenvalue weighted by Crippen LogP contribution is -2.24. The van der Waals surface area contributed by atoms with Gasteiger partial charge >= 0.3 is 0 Å². The van der Waals surface area contributed by atoms with E-state index in [-0.39, 0.29) is 0 Å². The van der Waals surface area contributed by atoms with Crippen molar-refractivity contribution in [2.45, 2.75) is 32.4 Å². The van der Waals surface area contributed by atoms with E-state index in [9.17, 15) is 4.79 Å². The van der Waals surface area contributed by atoms with Gasteiger partial charge in [0.05, 0.1) is 12.8 Å². The Labute approximate surface area is 112 Å². The molecule has 0 radical (unpaired) electrons. The van der Waals surface area contributed by atoms with E-state index >= 15 is 0 Å². The summed E-state index contributed by atoms with van der Waals surface area (Å²) in [4.78, 5) is 13.2. The molecule has 0 saturated heterocycles. The summed E-state index contributed by atoms with van der Waals surface area (Å²) >= 11 is 0. The predicted molar refractivity (Wildman–Crippen MR) is 74.5 cm³/mol. The van der Waals surface area contributed by atoms with E-state index in [1.54, 1.807) is 6.26 Å². The summed E-state index contributed by atoms with van der Waals surface area (Å²) in [6.07, 6.45) is 5.08. The molecule has 1 fully saturated rings. The summed E-state index contributed by atoms with van der Waals surface area (Å²) < 4.78 is 5.44. The van der Waals surface area contributed by atoms with E-state index < -0.39 is 0 Å². The number of carbonyl (C=O) groups excluding carboxylic acids is 1. The normalized spacial score (nSPS) is 14.4. The molecule has 3 nitrogen and oxygen atoms in total. The molecule has 0 atom stereocenters. The largest absolute Gasteiger partial charge is 0.467 e. The lowest BCUT2D eigenvalue weighted by atomic mass is 10.1. The summed E-state index contributed by atoms with van der Waals surface area (Å²) in [5, 5.41) is 0. The molecule has 3 rings (SSSR count). The van der Waals surface area contributed by atoms with Gasteiger partial charge < -0.3 is 9.32 Å². The molecule has 0 amide bonds. The summed E-state index contributed by atoms with van der Waals surface area (Å²) in [6, 6.07) is 10.5. The number of anilines is 1. The fourth-order valence-corrected chi connectivity index (χ4v) is 2.36. The van der Waals surface area contributed by atoms with Crippen molar-refractivity contribution in [3.05, 3.63) is 53.5 Å². The summed E-state index contributed by atoms with van der Waals surface area (Å²) in [5.41, 5.74) is 2.96. The second-order valence-electron chi connectivity index (χ2n) is 5.10. The average molecular weight is 255 g/mol. The molecule has 1 aliphatic rings. The standard InChI is InChI=1S/C16H17NO2/c1-12-9-15(5-4-13(12)11-18)17(14-6-7-14)10-16-3-2-8-19-16/h2-5,8-9,11,14H,6-7,10H2,1H3. The topological polar surface area (TPSA) is 33.5 Å². The molecule has 0 aliphatic heterocycles. The molecule has 2 aromatic rings. The van der Waals surface area contributed by atoms with Crippen LogP contribution in [0.3, 0.4) is 0 Å². The van der Waals surface area contributed by atoms with Crippen molar-refractivity contribution in [3.8, 4) is 0 Å². The molecule has 1 aliphatic carbocycles. The Morgan fingerprint density at radius 2 is 2.21 bits per heavy atom. The van der Waals surface area contributed by atoms with Crippen LogP contribution in [0.4, 0.5) is 5.69 Å². The zero-order chi connectivity index (χ0) is 13.2. The van der Waals surface area contributed by atoms with Gasteiger partial charge in [-0.25, -0.2) is 0 Å². The molecular weight excluding hydrogens is 238 g/mol. The molecule has 0 unspecified atom stereocenters. The third-order valence-corrected chi connectivity index (χ3v) is 3.61. The first-order valence-electron chi connectivity index (χ1n) is 6.63. The number of benzene rings is 1. The molecule has 0 N–H and O–H groups in total. The second kappa shape index (κ2) is 4.92. The van der Waals surface area contributed by atoms with Gasteiger partial charge in [0, 0.05) is 17.3 Å². The molecule has 3 heteroatoms. The van der Waals surface area contributed by atoms with Crippen LogP contribution in [-0.2, 0) is 6.54 Å². The molecule has 1 heterocycles. The molecule has 1 saturated carbocycles. The van der Waals surface area contributed by atoms with Crippen molar-refractivity contribution in [3.63, 3.8) is 0 Å². The third kappa shape index (κ3) is 2.55. The van der Waals surface area contributed by atoms with Gasteiger partial charge in [-0.05, 0) is 55.7 Å². The number of carbonyl (C=O) groups is 1. The monoisotopic (exact) mass is 255 g/mol. The van der Waals surface area contributed by atoms with Crippen molar-refractivity contribution in [2.24, 2.45) is 0 Å². The van der Waals surface area contributed by atoms with E-state index in [1.807, 2.05) is 31.2 Å². The first-order valence-corrected chi connectivity index (χ1v) is 6.63. The molecule has 1 aromatic carbocycles. The van der Waals surface area contributed by atoms with Crippen LogP contribution in [0, 0.1) is 6.92 Å². The van der Waals surface area contributed by atoms with Gasteiger partial charge in [0.15, 0.2) is 0 Å². The minimum atomic E-state index is 0.603. The Morgan fingerprint density at radius 3 is 2.79 bits per heavy atom. The number of furan rings is 1. The molecule has 19 heavy (non-hydrogen) atoms. The van der Waals surface area contributed by atoms with Crippen LogP contribution in [-0.4, -0.2) is 12.3 Å². The zero-order valence-electron chi connectivity index (χ0n) is 11.0. The number of hydrogen-bond acceptors (Lipinski definition) is 3. The van der Waals surface area contributed by atoms with Crippen LogP contribution < -0.4 is 4.90 Å². The van der Waals surface area contributed by atoms with E-state index in [2.05, 4.69) is 11.0 Å². The fraction of sp³-hybridized carbons (Fsp3) is 0.312. The van der Waals surface area contributed by atoms with Crippen molar-refractivity contribution in [2.75, 3.05) is 4.90 Å². The molecular formula is C16H17NO2. The van der Waals surface area contributed by atoms with Crippen LogP contribution >= 0.6 is 0 Å². The average Bonchev–Trinajstić information content (AvgIpc) is 3.13. The molecule has 98 valence electrons. The molecule has 0 spiro atoms. The molecule has 0 bridgehead atoms. The maximum atomic E-state index is 10.9. The van der Waals surface area contributed by atoms with E-state index in [4.69, 9.17) is 4.42 Å². The first-order chi connectivity index (χ1) is 9.28. The van der Waals surface area contributed by atoms with Gasteiger partial charge in [-0.2, -0.15) is 0 Å². The van der Waals surface area contributed by atoms with Crippen LogP contribution in [0.5, 0.6) is 0 Å². The predicted octanol–water partition coefficient (Wildman–Crippen LogP) is 3.57. The van der Waals surface area contributed by atoms with Gasteiger partial charge in [-0.15, -0.1) is 0 Å². The van der Waals surface area contributed by atoms with Crippen LogP contribution in [0.2, 0.25) is 0 Å². The van der Waals surface area contributed by atoms with E-state index in [0.29, 0.717) is 6.04 Å². The Kier molecular flexibility index (Phi) is 3.11. The van der Waals surface area contributed by atoms with Gasteiger partial charge in [-0.3, -0.25) is 4.79 Å². The summed E-state index contributed by atoms with van der Waals surface area (Å²) in [7, 11) is 0. The van der Waals surface area contributed by atoms with Crippen molar-refractivity contribution >= 4 is 12.0 Å². The highest BCUT2D eigenvalue weighted by molar-refractivity contribution is 5.78. The van der Waals surface area contributed by atoms with Crippen LogP contribution in [0.25, 0.3) is 0 Å². The highest BCUT2D eigenvalue weighted by Gasteiger charge is 2.30. The lowest BCUT2D eigenvalue weighted by Gasteiger charge is -2.24. The van der Waals surface area contributed by atoms with Crippen molar-refractivity contribution < 1.29 is 9.21 Å². The summed E-state index contributed by atoms with van der Waals surface area (Å²) in [6.45, 7) is 2.77. The Morgan fingerprint density at radius 1 is 1.37 bits per heavy atom. The van der Waals surface area contributed by atoms with Gasteiger partial charge in [0.2, 0.25) is 0 Å².